The molecule has 0 aliphatic carbocycles. The minimum atomic E-state index is -0.752. The van der Waals surface area contributed by atoms with Crippen molar-refractivity contribution in [1.29, 1.82) is 0 Å². The molecule has 0 bridgehead atoms. The lowest BCUT2D eigenvalue weighted by Crippen LogP contribution is -2.39. The zero-order valence-electron chi connectivity index (χ0n) is 16.8. The van der Waals surface area contributed by atoms with Crippen molar-refractivity contribution in [2.45, 2.75) is 19.1 Å². The number of rotatable bonds is 7. The average molecular weight is 417 g/mol. The highest BCUT2D eigenvalue weighted by Gasteiger charge is 2.17. The summed E-state index contributed by atoms with van der Waals surface area (Å²) in [4.78, 5) is 17.0. The van der Waals surface area contributed by atoms with Gasteiger partial charge in [0.2, 0.25) is 5.91 Å². The van der Waals surface area contributed by atoms with E-state index in [9.17, 15) is 4.79 Å². The van der Waals surface area contributed by atoms with Crippen molar-refractivity contribution in [2.75, 3.05) is 50.1 Å². The van der Waals surface area contributed by atoms with Crippen LogP contribution in [0.4, 0.5) is 11.4 Å². The van der Waals surface area contributed by atoms with Crippen molar-refractivity contribution < 1.29 is 9.53 Å². The van der Waals surface area contributed by atoms with Gasteiger partial charge in [-0.15, -0.1) is 0 Å². The zero-order chi connectivity index (χ0) is 20.6. The SMILES string of the molecule is CN1CCCN(c2ccc(NC(=O)[C@H](N)COCc3ccccc3)cc2Cl)CC1. The number of halogens is 1. The molecule has 1 fully saturated rings. The number of ether oxygens (including phenoxy) is 1. The normalized spacial score (nSPS) is 16.3. The topological polar surface area (TPSA) is 70.8 Å². The molecule has 0 spiro atoms. The maximum absolute atomic E-state index is 12.4. The molecule has 3 N–H and O–H groups in total. The Morgan fingerprint density at radius 1 is 1.17 bits per heavy atom. The van der Waals surface area contributed by atoms with Gasteiger partial charge in [0.1, 0.15) is 6.04 Å². The van der Waals surface area contributed by atoms with E-state index >= 15 is 0 Å². The van der Waals surface area contributed by atoms with Gasteiger partial charge in [-0.1, -0.05) is 41.9 Å². The molecular weight excluding hydrogens is 388 g/mol. The molecule has 0 saturated carbocycles. The Morgan fingerprint density at radius 3 is 2.72 bits per heavy atom. The molecule has 1 saturated heterocycles. The summed E-state index contributed by atoms with van der Waals surface area (Å²) in [6.45, 7) is 4.57. The van der Waals surface area contributed by atoms with Gasteiger partial charge in [-0.05, 0) is 43.8 Å². The molecule has 3 rings (SSSR count). The van der Waals surface area contributed by atoms with Crippen LogP contribution < -0.4 is 16.0 Å². The van der Waals surface area contributed by atoms with Gasteiger partial charge in [0.05, 0.1) is 23.9 Å². The molecule has 1 aliphatic heterocycles. The van der Waals surface area contributed by atoms with Crippen LogP contribution >= 0.6 is 11.6 Å². The van der Waals surface area contributed by atoms with E-state index < -0.39 is 6.04 Å². The van der Waals surface area contributed by atoms with E-state index in [4.69, 9.17) is 22.1 Å². The van der Waals surface area contributed by atoms with Crippen LogP contribution in [-0.2, 0) is 16.1 Å². The predicted molar refractivity (Wildman–Crippen MR) is 118 cm³/mol. The third kappa shape index (κ3) is 6.44. The van der Waals surface area contributed by atoms with Crippen molar-refractivity contribution in [3.8, 4) is 0 Å². The second kappa shape index (κ2) is 10.6. The van der Waals surface area contributed by atoms with Crippen LogP contribution in [0, 0.1) is 0 Å². The molecule has 2 aromatic carbocycles. The summed E-state index contributed by atoms with van der Waals surface area (Å²) in [5.74, 6) is -0.293. The summed E-state index contributed by atoms with van der Waals surface area (Å²) in [6, 6.07) is 14.6. The van der Waals surface area contributed by atoms with Crippen LogP contribution in [0.1, 0.15) is 12.0 Å². The number of hydrogen-bond donors (Lipinski definition) is 2. The first-order valence-electron chi connectivity index (χ1n) is 9.94. The third-order valence-corrected chi connectivity index (χ3v) is 5.32. The number of amides is 1. The molecule has 29 heavy (non-hydrogen) atoms. The number of nitrogens with two attached hydrogens (primary N) is 1. The Kier molecular flexibility index (Phi) is 7.89. The highest BCUT2D eigenvalue weighted by atomic mass is 35.5. The van der Waals surface area contributed by atoms with E-state index in [0.717, 1.165) is 43.9 Å². The van der Waals surface area contributed by atoms with Gasteiger partial charge in [-0.3, -0.25) is 4.79 Å². The third-order valence-electron chi connectivity index (χ3n) is 5.02. The number of anilines is 2. The zero-order valence-corrected chi connectivity index (χ0v) is 17.6. The molecule has 1 aliphatic rings. The Labute approximate surface area is 177 Å². The van der Waals surface area contributed by atoms with Gasteiger partial charge < -0.3 is 25.6 Å². The summed E-state index contributed by atoms with van der Waals surface area (Å²) in [6.07, 6.45) is 1.10. The van der Waals surface area contributed by atoms with Gasteiger partial charge in [-0.25, -0.2) is 0 Å². The fourth-order valence-electron chi connectivity index (χ4n) is 3.32. The van der Waals surface area contributed by atoms with E-state index in [-0.39, 0.29) is 12.5 Å². The summed E-state index contributed by atoms with van der Waals surface area (Å²) in [5, 5.41) is 3.45. The number of hydrogen-bond acceptors (Lipinski definition) is 5. The predicted octanol–water partition coefficient (Wildman–Crippen LogP) is 2.96. The number of nitrogens with zero attached hydrogens (tertiary/aromatic N) is 2. The largest absolute Gasteiger partial charge is 0.375 e. The molecule has 7 heteroatoms. The van der Waals surface area contributed by atoms with Crippen LogP contribution in [0.25, 0.3) is 0 Å². The molecule has 0 radical (unpaired) electrons. The molecule has 0 aromatic heterocycles. The molecular formula is C22H29ClN4O2. The fourth-order valence-corrected chi connectivity index (χ4v) is 3.62. The van der Waals surface area contributed by atoms with Gasteiger partial charge in [0, 0.05) is 25.3 Å². The van der Waals surface area contributed by atoms with Gasteiger partial charge >= 0.3 is 0 Å². The van der Waals surface area contributed by atoms with Gasteiger partial charge in [0.15, 0.2) is 0 Å². The standard InChI is InChI=1S/C22H29ClN4O2/c1-26-10-5-11-27(13-12-26)21-9-8-18(14-19(21)23)25-22(28)20(24)16-29-15-17-6-3-2-4-7-17/h2-4,6-9,14,20H,5,10-13,15-16,24H2,1H3,(H,25,28)/t20-/m1/s1. The lowest BCUT2D eigenvalue weighted by molar-refractivity contribution is -0.118. The van der Waals surface area contributed by atoms with E-state index in [1.165, 1.54) is 0 Å². The van der Waals surface area contributed by atoms with Crippen molar-refractivity contribution in [1.82, 2.24) is 4.90 Å². The first-order valence-corrected chi connectivity index (χ1v) is 10.3. The second-order valence-corrected chi connectivity index (χ2v) is 7.81. The average Bonchev–Trinajstić information content (AvgIpc) is 2.93. The van der Waals surface area contributed by atoms with Crippen molar-refractivity contribution >= 4 is 28.9 Å². The van der Waals surface area contributed by atoms with Crippen LogP contribution in [-0.4, -0.2) is 56.7 Å². The Balaban J connectivity index is 1.51. The lowest BCUT2D eigenvalue weighted by atomic mass is 10.2. The Morgan fingerprint density at radius 2 is 1.97 bits per heavy atom. The Bertz CT molecular complexity index is 803. The molecule has 6 nitrogen and oxygen atoms in total. The Hall–Kier alpha value is -2.12. The first-order chi connectivity index (χ1) is 14.0. The van der Waals surface area contributed by atoms with Crippen LogP contribution in [0.2, 0.25) is 5.02 Å². The number of likely N-dealkylation sites (N-methyl/N-ethyl adjacent to an activating group) is 1. The fraction of sp³-hybridized carbons (Fsp3) is 0.409. The number of carbonyl (C=O) groups is 1. The van der Waals surface area contributed by atoms with Crippen LogP contribution in [0.15, 0.2) is 48.5 Å². The maximum atomic E-state index is 12.4. The summed E-state index contributed by atoms with van der Waals surface area (Å²) in [7, 11) is 2.14. The van der Waals surface area contributed by atoms with Gasteiger partial charge in [-0.2, -0.15) is 0 Å². The first kappa shape index (κ1) is 21.6. The molecule has 156 valence electrons. The van der Waals surface area contributed by atoms with Crippen molar-refractivity contribution in [3.63, 3.8) is 0 Å². The van der Waals surface area contributed by atoms with Crippen molar-refractivity contribution in [3.05, 3.63) is 59.1 Å². The summed E-state index contributed by atoms with van der Waals surface area (Å²) in [5.41, 5.74) is 8.63. The van der Waals surface area contributed by atoms with Crippen LogP contribution in [0.5, 0.6) is 0 Å². The molecule has 1 atom stereocenters. The van der Waals surface area contributed by atoms with E-state index in [1.54, 1.807) is 6.07 Å². The molecule has 1 amide bonds. The minimum absolute atomic E-state index is 0.147. The minimum Gasteiger partial charge on any atom is -0.375 e. The smallest absolute Gasteiger partial charge is 0.243 e. The van der Waals surface area contributed by atoms with E-state index in [0.29, 0.717) is 17.3 Å². The van der Waals surface area contributed by atoms with Gasteiger partial charge in [0.25, 0.3) is 0 Å². The molecule has 1 heterocycles. The maximum Gasteiger partial charge on any atom is 0.243 e. The monoisotopic (exact) mass is 416 g/mol. The molecule has 2 aromatic rings. The second-order valence-electron chi connectivity index (χ2n) is 7.41. The quantitative estimate of drug-likeness (QED) is 0.726. The van der Waals surface area contributed by atoms with E-state index in [1.807, 2.05) is 42.5 Å². The highest BCUT2D eigenvalue weighted by Crippen LogP contribution is 2.29. The summed E-state index contributed by atoms with van der Waals surface area (Å²) >= 11 is 6.50. The lowest BCUT2D eigenvalue weighted by Gasteiger charge is -2.24. The summed E-state index contributed by atoms with van der Waals surface area (Å²) < 4.78 is 5.56. The van der Waals surface area contributed by atoms with Crippen LogP contribution in [0.3, 0.4) is 0 Å². The number of carbonyl (C=O) groups excluding carboxylic acids is 1. The number of benzene rings is 2. The highest BCUT2D eigenvalue weighted by molar-refractivity contribution is 6.33. The number of nitrogens with one attached hydrogen (secondary N) is 1. The van der Waals surface area contributed by atoms with Crippen molar-refractivity contribution in [2.24, 2.45) is 5.73 Å². The molecule has 0 unspecified atom stereocenters. The van der Waals surface area contributed by atoms with E-state index in [2.05, 4.69) is 22.2 Å².